The molecule has 0 spiro atoms. The zero-order valence-electron chi connectivity index (χ0n) is 12.2. The second-order valence-corrected chi connectivity index (χ2v) is 6.08. The Hall–Kier alpha value is -1.35. The lowest BCUT2D eigenvalue weighted by atomic mass is 9.86. The number of fused-ring (bicyclic) bond motifs is 1. The number of benzene rings is 1. The molecule has 1 saturated heterocycles. The second-order valence-electron chi connectivity index (χ2n) is 6.08. The maximum Gasteiger partial charge on any atom is 0.240 e. The summed E-state index contributed by atoms with van der Waals surface area (Å²) in [7, 11) is 0. The summed E-state index contributed by atoms with van der Waals surface area (Å²) >= 11 is 0. The number of carbonyl (C=O) groups excluding carboxylic acids is 1. The van der Waals surface area contributed by atoms with E-state index in [9.17, 15) is 4.79 Å². The van der Waals surface area contributed by atoms with Crippen molar-refractivity contribution in [3.05, 3.63) is 35.4 Å². The number of nitrogens with one attached hydrogen (secondary N) is 2. The smallest absolute Gasteiger partial charge is 0.240 e. The molecule has 108 valence electrons. The van der Waals surface area contributed by atoms with E-state index in [2.05, 4.69) is 41.8 Å². The number of rotatable bonds is 3. The van der Waals surface area contributed by atoms with Crippen LogP contribution in [0.4, 0.5) is 0 Å². The summed E-state index contributed by atoms with van der Waals surface area (Å²) < 4.78 is 0. The maximum atomic E-state index is 12.7. The third kappa shape index (κ3) is 2.35. The quantitative estimate of drug-likeness (QED) is 0.888. The van der Waals surface area contributed by atoms with Gasteiger partial charge in [0.25, 0.3) is 0 Å². The van der Waals surface area contributed by atoms with Crippen molar-refractivity contribution in [1.82, 2.24) is 10.6 Å². The van der Waals surface area contributed by atoms with Gasteiger partial charge in [0.15, 0.2) is 0 Å². The molecule has 0 bridgehead atoms. The van der Waals surface area contributed by atoms with Gasteiger partial charge in [0.1, 0.15) is 0 Å². The molecule has 1 aromatic carbocycles. The van der Waals surface area contributed by atoms with Gasteiger partial charge in [-0.25, -0.2) is 0 Å². The van der Waals surface area contributed by atoms with Crippen LogP contribution in [0, 0.1) is 0 Å². The first-order chi connectivity index (χ1) is 9.75. The Balaban J connectivity index is 1.77. The van der Waals surface area contributed by atoms with Crippen LogP contribution in [-0.4, -0.2) is 18.0 Å². The first kappa shape index (κ1) is 13.6. The van der Waals surface area contributed by atoms with Crippen LogP contribution in [0.25, 0.3) is 0 Å². The fraction of sp³-hybridized carbons (Fsp3) is 0.588. The van der Waals surface area contributed by atoms with Gasteiger partial charge >= 0.3 is 0 Å². The van der Waals surface area contributed by atoms with Crippen molar-refractivity contribution in [3.63, 3.8) is 0 Å². The van der Waals surface area contributed by atoms with E-state index in [-0.39, 0.29) is 17.5 Å². The van der Waals surface area contributed by atoms with Crippen molar-refractivity contribution in [1.29, 1.82) is 0 Å². The van der Waals surface area contributed by atoms with Crippen LogP contribution >= 0.6 is 0 Å². The fourth-order valence-corrected chi connectivity index (χ4v) is 3.66. The van der Waals surface area contributed by atoms with Crippen LogP contribution in [0.1, 0.15) is 56.2 Å². The average Bonchev–Trinajstić information content (AvgIpc) is 2.98. The average molecular weight is 272 g/mol. The van der Waals surface area contributed by atoms with Crippen molar-refractivity contribution >= 4 is 5.91 Å². The number of carbonyl (C=O) groups is 1. The molecule has 1 heterocycles. The Labute approximate surface area is 121 Å². The molecular formula is C17H24N2O. The predicted molar refractivity (Wildman–Crippen MR) is 80.5 cm³/mol. The highest BCUT2D eigenvalue weighted by Crippen LogP contribution is 2.31. The zero-order valence-corrected chi connectivity index (χ0v) is 12.2. The van der Waals surface area contributed by atoms with Crippen molar-refractivity contribution in [2.45, 2.75) is 57.0 Å². The fourth-order valence-electron chi connectivity index (χ4n) is 3.66. The van der Waals surface area contributed by atoms with Gasteiger partial charge in [0, 0.05) is 0 Å². The van der Waals surface area contributed by atoms with E-state index in [1.165, 1.54) is 11.1 Å². The molecule has 0 saturated carbocycles. The Morgan fingerprint density at radius 3 is 3.00 bits per heavy atom. The summed E-state index contributed by atoms with van der Waals surface area (Å²) in [4.78, 5) is 12.7. The lowest BCUT2D eigenvalue weighted by Gasteiger charge is -2.32. The summed E-state index contributed by atoms with van der Waals surface area (Å²) in [5.41, 5.74) is 2.39. The van der Waals surface area contributed by atoms with E-state index in [1.54, 1.807) is 0 Å². The summed E-state index contributed by atoms with van der Waals surface area (Å²) in [6.07, 6.45) is 6.29. The highest BCUT2D eigenvalue weighted by atomic mass is 16.2. The number of aryl methyl sites for hydroxylation is 1. The summed E-state index contributed by atoms with van der Waals surface area (Å²) in [5.74, 6) is 0.194. The largest absolute Gasteiger partial charge is 0.348 e. The normalized spacial score (nSPS) is 28.9. The molecule has 3 heteroatoms. The first-order valence-electron chi connectivity index (χ1n) is 7.89. The van der Waals surface area contributed by atoms with E-state index >= 15 is 0 Å². The van der Waals surface area contributed by atoms with E-state index in [1.807, 2.05) is 0 Å². The highest BCUT2D eigenvalue weighted by molar-refractivity contribution is 5.87. The van der Waals surface area contributed by atoms with Crippen LogP contribution in [0.15, 0.2) is 24.3 Å². The standard InChI is InChI=1S/C17H24N2O/c1-2-17(11-6-12-18-17)16(20)19-15-10-5-8-13-7-3-4-9-14(13)15/h3-4,7,9,15,18H,2,5-6,8,10-12H2,1H3,(H,19,20). The van der Waals surface area contributed by atoms with Gasteiger partial charge in [-0.1, -0.05) is 31.2 Å². The molecular weight excluding hydrogens is 248 g/mol. The SMILES string of the molecule is CCC1(C(=O)NC2CCCc3ccccc32)CCCN1. The van der Waals surface area contributed by atoms with Crippen molar-refractivity contribution in [2.75, 3.05) is 6.54 Å². The Morgan fingerprint density at radius 1 is 1.40 bits per heavy atom. The molecule has 2 N–H and O–H groups in total. The Kier molecular flexibility index (Phi) is 3.79. The maximum absolute atomic E-state index is 12.7. The zero-order chi connectivity index (χ0) is 14.0. The van der Waals surface area contributed by atoms with Gasteiger partial charge in [0.05, 0.1) is 11.6 Å². The Bertz CT molecular complexity index is 492. The number of hydrogen-bond donors (Lipinski definition) is 2. The second kappa shape index (κ2) is 5.57. The predicted octanol–water partition coefficient (Wildman–Crippen LogP) is 2.71. The number of hydrogen-bond acceptors (Lipinski definition) is 2. The van der Waals surface area contributed by atoms with E-state index in [0.717, 1.165) is 45.1 Å². The van der Waals surface area contributed by atoms with E-state index in [0.29, 0.717) is 0 Å². The van der Waals surface area contributed by atoms with E-state index < -0.39 is 0 Å². The summed E-state index contributed by atoms with van der Waals surface area (Å²) in [5, 5.41) is 6.73. The molecule has 20 heavy (non-hydrogen) atoms. The molecule has 3 rings (SSSR count). The third-order valence-corrected chi connectivity index (χ3v) is 4.96. The van der Waals surface area contributed by atoms with Gasteiger partial charge < -0.3 is 10.6 Å². The third-order valence-electron chi connectivity index (χ3n) is 4.96. The van der Waals surface area contributed by atoms with Gasteiger partial charge in [-0.05, 0) is 56.2 Å². The van der Waals surface area contributed by atoms with Crippen molar-refractivity contribution in [2.24, 2.45) is 0 Å². The molecule has 3 nitrogen and oxygen atoms in total. The van der Waals surface area contributed by atoms with Crippen LogP contribution in [0.3, 0.4) is 0 Å². The van der Waals surface area contributed by atoms with Crippen molar-refractivity contribution in [3.8, 4) is 0 Å². The molecule has 2 atom stereocenters. The van der Waals surface area contributed by atoms with Gasteiger partial charge in [-0.15, -0.1) is 0 Å². The molecule has 2 unspecified atom stereocenters. The molecule has 0 aromatic heterocycles. The van der Waals surface area contributed by atoms with Crippen molar-refractivity contribution < 1.29 is 4.79 Å². The van der Waals surface area contributed by atoms with Gasteiger partial charge in [-0.3, -0.25) is 4.79 Å². The van der Waals surface area contributed by atoms with Gasteiger partial charge in [0.2, 0.25) is 5.91 Å². The topological polar surface area (TPSA) is 41.1 Å². The molecule has 2 aliphatic rings. The summed E-state index contributed by atoms with van der Waals surface area (Å²) in [6.45, 7) is 3.06. The lowest BCUT2D eigenvalue weighted by Crippen LogP contribution is -2.54. The van der Waals surface area contributed by atoms with Gasteiger partial charge in [-0.2, -0.15) is 0 Å². The molecule has 1 amide bonds. The molecule has 1 aliphatic heterocycles. The summed E-state index contributed by atoms with van der Waals surface area (Å²) in [6, 6.07) is 8.72. The lowest BCUT2D eigenvalue weighted by molar-refractivity contribution is -0.128. The minimum Gasteiger partial charge on any atom is -0.348 e. The number of amides is 1. The highest BCUT2D eigenvalue weighted by Gasteiger charge is 2.40. The monoisotopic (exact) mass is 272 g/mol. The molecule has 0 radical (unpaired) electrons. The molecule has 1 aliphatic carbocycles. The molecule has 1 aromatic rings. The minimum atomic E-state index is -0.327. The first-order valence-corrected chi connectivity index (χ1v) is 7.89. The van der Waals surface area contributed by atoms with Crippen LogP contribution in [-0.2, 0) is 11.2 Å². The minimum absolute atomic E-state index is 0.193. The van der Waals surface area contributed by atoms with Crippen LogP contribution < -0.4 is 10.6 Å². The van der Waals surface area contributed by atoms with Crippen LogP contribution in [0.2, 0.25) is 0 Å². The van der Waals surface area contributed by atoms with E-state index in [4.69, 9.17) is 0 Å². The van der Waals surface area contributed by atoms with Crippen LogP contribution in [0.5, 0.6) is 0 Å². The molecule has 1 fully saturated rings. The Morgan fingerprint density at radius 2 is 2.25 bits per heavy atom.